The molecule has 0 bridgehead atoms. The van der Waals surface area contributed by atoms with Crippen molar-refractivity contribution in [3.63, 3.8) is 0 Å². The van der Waals surface area contributed by atoms with Crippen LogP contribution >= 0.6 is 11.8 Å². The molecule has 1 aromatic rings. The molecule has 1 aromatic heterocycles. The molecule has 0 radical (unpaired) electrons. The molecule has 0 aromatic carbocycles. The minimum atomic E-state index is -0.205. The Morgan fingerprint density at radius 3 is 2.67 bits per heavy atom. The summed E-state index contributed by atoms with van der Waals surface area (Å²) in [6.45, 7) is 4.06. The van der Waals surface area contributed by atoms with Crippen LogP contribution in [0.15, 0.2) is 23.6 Å². The van der Waals surface area contributed by atoms with Gasteiger partial charge < -0.3 is 14.5 Å². The van der Waals surface area contributed by atoms with E-state index in [1.165, 1.54) is 11.8 Å². The van der Waals surface area contributed by atoms with Crippen molar-refractivity contribution in [3.05, 3.63) is 18.5 Å². The predicted molar refractivity (Wildman–Crippen MR) is 89.6 cm³/mol. The zero-order valence-electron chi connectivity index (χ0n) is 13.8. The largest absolute Gasteiger partial charge is 0.444 e. The highest BCUT2D eigenvalue weighted by Gasteiger charge is 2.37. The van der Waals surface area contributed by atoms with Gasteiger partial charge in [0.15, 0.2) is 5.16 Å². The molecule has 24 heavy (non-hydrogen) atoms. The standard InChI is InChI=1S/C16H22N4O3S/c1-2-13-10-20(16(22)23-13)12-4-8-19(9-5-12)14(21)11-24-15-17-6-3-7-18-15/h3,6-7,12-13H,2,4-5,8-11H2,1H3. The highest BCUT2D eigenvalue weighted by Crippen LogP contribution is 2.24. The van der Waals surface area contributed by atoms with Crippen LogP contribution in [0, 0.1) is 0 Å². The molecule has 2 amide bonds. The van der Waals surface area contributed by atoms with Crippen LogP contribution < -0.4 is 0 Å². The first-order valence-electron chi connectivity index (χ1n) is 8.32. The molecule has 2 fully saturated rings. The van der Waals surface area contributed by atoms with Crippen molar-refractivity contribution in [1.29, 1.82) is 0 Å². The summed E-state index contributed by atoms with van der Waals surface area (Å²) in [6.07, 6.45) is 5.61. The SMILES string of the molecule is CCC1CN(C2CCN(C(=O)CSc3ncccn3)CC2)C(=O)O1. The molecule has 3 heterocycles. The molecule has 0 N–H and O–H groups in total. The van der Waals surface area contributed by atoms with E-state index in [9.17, 15) is 9.59 Å². The number of aromatic nitrogens is 2. The Hall–Kier alpha value is -1.83. The van der Waals surface area contributed by atoms with Gasteiger partial charge in [-0.15, -0.1) is 0 Å². The van der Waals surface area contributed by atoms with E-state index in [0.717, 1.165) is 19.3 Å². The summed E-state index contributed by atoms with van der Waals surface area (Å²) < 4.78 is 5.33. The normalized spacial score (nSPS) is 21.9. The summed E-state index contributed by atoms with van der Waals surface area (Å²) in [5.41, 5.74) is 0. The molecule has 0 spiro atoms. The van der Waals surface area contributed by atoms with Gasteiger partial charge in [0.25, 0.3) is 0 Å². The Kier molecular flexibility index (Phi) is 5.55. The lowest BCUT2D eigenvalue weighted by molar-refractivity contribution is -0.129. The van der Waals surface area contributed by atoms with Gasteiger partial charge in [0.1, 0.15) is 6.10 Å². The number of cyclic esters (lactones) is 1. The Bertz CT molecular complexity index is 578. The summed E-state index contributed by atoms with van der Waals surface area (Å²) in [6, 6.07) is 1.94. The second-order valence-electron chi connectivity index (χ2n) is 6.00. The van der Waals surface area contributed by atoms with Crippen molar-refractivity contribution >= 4 is 23.8 Å². The molecule has 2 saturated heterocycles. The minimum Gasteiger partial charge on any atom is -0.444 e. The molecule has 3 rings (SSSR count). The third-order valence-corrected chi connectivity index (χ3v) is 5.34. The third-order valence-electron chi connectivity index (χ3n) is 4.48. The summed E-state index contributed by atoms with van der Waals surface area (Å²) >= 11 is 1.35. The van der Waals surface area contributed by atoms with Crippen LogP contribution in [-0.4, -0.2) is 69.3 Å². The molecule has 1 unspecified atom stereocenters. The Balaban J connectivity index is 1.45. The molecule has 130 valence electrons. The van der Waals surface area contributed by atoms with E-state index in [1.54, 1.807) is 18.5 Å². The van der Waals surface area contributed by atoms with E-state index >= 15 is 0 Å². The Morgan fingerprint density at radius 2 is 2.04 bits per heavy atom. The van der Waals surface area contributed by atoms with Gasteiger partial charge in [0.05, 0.1) is 12.3 Å². The van der Waals surface area contributed by atoms with Crippen LogP contribution in [0.1, 0.15) is 26.2 Å². The molecule has 0 saturated carbocycles. The Morgan fingerprint density at radius 1 is 1.33 bits per heavy atom. The maximum Gasteiger partial charge on any atom is 0.410 e. The molecular weight excluding hydrogens is 328 g/mol. The van der Waals surface area contributed by atoms with Crippen molar-refractivity contribution < 1.29 is 14.3 Å². The molecule has 2 aliphatic heterocycles. The maximum absolute atomic E-state index is 12.3. The summed E-state index contributed by atoms with van der Waals surface area (Å²) in [7, 11) is 0. The van der Waals surface area contributed by atoms with E-state index < -0.39 is 0 Å². The quantitative estimate of drug-likeness (QED) is 0.595. The highest BCUT2D eigenvalue weighted by atomic mass is 32.2. The first-order valence-corrected chi connectivity index (χ1v) is 9.30. The number of thioether (sulfide) groups is 1. The number of hydrogen-bond acceptors (Lipinski definition) is 6. The van der Waals surface area contributed by atoms with E-state index in [0.29, 0.717) is 30.5 Å². The number of nitrogens with zero attached hydrogens (tertiary/aromatic N) is 4. The van der Waals surface area contributed by atoms with Gasteiger partial charge in [-0.1, -0.05) is 18.7 Å². The fourth-order valence-electron chi connectivity index (χ4n) is 3.06. The lowest BCUT2D eigenvalue weighted by Gasteiger charge is -2.35. The summed E-state index contributed by atoms with van der Waals surface area (Å²) in [4.78, 5) is 36.1. The number of carbonyl (C=O) groups is 2. The second-order valence-corrected chi connectivity index (χ2v) is 6.94. The first-order chi connectivity index (χ1) is 11.7. The van der Waals surface area contributed by atoms with Crippen LogP contribution in [0.25, 0.3) is 0 Å². The lowest BCUT2D eigenvalue weighted by atomic mass is 10.0. The fourth-order valence-corrected chi connectivity index (χ4v) is 3.76. The average Bonchev–Trinajstić information content (AvgIpc) is 3.01. The highest BCUT2D eigenvalue weighted by molar-refractivity contribution is 7.99. The van der Waals surface area contributed by atoms with E-state index in [4.69, 9.17) is 4.74 Å². The van der Waals surface area contributed by atoms with Gasteiger partial charge in [-0.3, -0.25) is 4.79 Å². The number of amides is 2. The van der Waals surface area contributed by atoms with Crippen LogP contribution in [0.4, 0.5) is 4.79 Å². The summed E-state index contributed by atoms with van der Waals surface area (Å²) in [5.74, 6) is 0.444. The van der Waals surface area contributed by atoms with Gasteiger partial charge in [0.2, 0.25) is 5.91 Å². The van der Waals surface area contributed by atoms with Gasteiger partial charge in [-0.25, -0.2) is 14.8 Å². The van der Waals surface area contributed by atoms with Gasteiger partial charge in [0, 0.05) is 31.5 Å². The number of piperidine rings is 1. The van der Waals surface area contributed by atoms with Gasteiger partial charge >= 0.3 is 6.09 Å². The van der Waals surface area contributed by atoms with Gasteiger partial charge in [-0.05, 0) is 25.3 Å². The summed E-state index contributed by atoms with van der Waals surface area (Å²) in [5, 5.41) is 0.617. The molecule has 1 atom stereocenters. The van der Waals surface area contributed by atoms with Crippen molar-refractivity contribution in [2.75, 3.05) is 25.4 Å². The first kappa shape index (κ1) is 17.0. The van der Waals surface area contributed by atoms with Crippen molar-refractivity contribution in [1.82, 2.24) is 19.8 Å². The van der Waals surface area contributed by atoms with Crippen LogP contribution in [-0.2, 0) is 9.53 Å². The smallest absolute Gasteiger partial charge is 0.410 e. The maximum atomic E-state index is 12.3. The molecule has 8 heteroatoms. The lowest BCUT2D eigenvalue weighted by Crippen LogP contribution is -2.47. The Labute approximate surface area is 145 Å². The number of likely N-dealkylation sites (tertiary alicyclic amines) is 1. The number of rotatable bonds is 5. The van der Waals surface area contributed by atoms with Crippen molar-refractivity contribution in [2.45, 2.75) is 43.5 Å². The van der Waals surface area contributed by atoms with Crippen LogP contribution in [0.3, 0.4) is 0 Å². The van der Waals surface area contributed by atoms with Crippen molar-refractivity contribution in [2.24, 2.45) is 0 Å². The van der Waals surface area contributed by atoms with Gasteiger partial charge in [-0.2, -0.15) is 0 Å². The van der Waals surface area contributed by atoms with Crippen molar-refractivity contribution in [3.8, 4) is 0 Å². The number of carbonyl (C=O) groups excluding carboxylic acids is 2. The average molecular weight is 350 g/mol. The zero-order valence-corrected chi connectivity index (χ0v) is 14.6. The number of hydrogen-bond donors (Lipinski definition) is 0. The molecule has 0 aliphatic carbocycles. The molecular formula is C16H22N4O3S. The minimum absolute atomic E-state index is 0.0134. The van der Waals surface area contributed by atoms with E-state index in [-0.39, 0.29) is 24.1 Å². The zero-order chi connectivity index (χ0) is 16.9. The number of ether oxygens (including phenoxy) is 1. The predicted octanol–water partition coefficient (Wildman–Crippen LogP) is 1.79. The van der Waals surface area contributed by atoms with E-state index in [1.807, 2.05) is 16.7 Å². The topological polar surface area (TPSA) is 75.6 Å². The molecule has 2 aliphatic rings. The van der Waals surface area contributed by atoms with E-state index in [2.05, 4.69) is 9.97 Å². The third kappa shape index (κ3) is 3.98. The molecule has 7 nitrogen and oxygen atoms in total. The second kappa shape index (κ2) is 7.83. The fraction of sp³-hybridized carbons (Fsp3) is 0.625. The van der Waals surface area contributed by atoms with Crippen LogP contribution in [0.5, 0.6) is 0 Å². The monoisotopic (exact) mass is 350 g/mol. The van der Waals surface area contributed by atoms with Crippen LogP contribution in [0.2, 0.25) is 0 Å².